The van der Waals surface area contributed by atoms with Crippen LogP contribution in [-0.2, 0) is 6.42 Å². The van der Waals surface area contributed by atoms with Crippen molar-refractivity contribution in [3.8, 4) is 22.3 Å². The van der Waals surface area contributed by atoms with Crippen molar-refractivity contribution < 1.29 is 0 Å². The van der Waals surface area contributed by atoms with E-state index in [1.54, 1.807) is 0 Å². The summed E-state index contributed by atoms with van der Waals surface area (Å²) >= 11 is 0. The van der Waals surface area contributed by atoms with E-state index >= 15 is 0 Å². The summed E-state index contributed by atoms with van der Waals surface area (Å²) < 4.78 is 0. The molecule has 0 amide bonds. The average Bonchev–Trinajstić information content (AvgIpc) is 3.40. The van der Waals surface area contributed by atoms with Crippen LogP contribution in [0.25, 0.3) is 76.1 Å². The molecule has 0 unspecified atom stereocenters. The summed E-state index contributed by atoms with van der Waals surface area (Å²) in [5, 5.41) is 13.5. The molecule has 9 rings (SSSR count). The monoisotopic (exact) mass is 492 g/mol. The standard InChI is InChI=1S/C39H24/c1-2-13-33-31(11-1)32-12-3-4-14-34(32)37-23-26(16-19-35(33)37)25-8-6-9-27(21-25)30-18-17-29-22-28-10-5-7-24-15-20-36(30)39(29)38(24)28/h1-21,23H,22H2. The quantitative estimate of drug-likeness (QED) is 0.211. The molecule has 0 aliphatic heterocycles. The number of benzene rings is 8. The van der Waals surface area contributed by atoms with Crippen molar-refractivity contribution in [3.05, 3.63) is 145 Å². The van der Waals surface area contributed by atoms with Gasteiger partial charge in [0.05, 0.1) is 0 Å². The van der Waals surface area contributed by atoms with Crippen molar-refractivity contribution in [2.45, 2.75) is 6.42 Å². The Bertz CT molecular complexity index is 2270. The van der Waals surface area contributed by atoms with Crippen LogP contribution in [0.2, 0.25) is 0 Å². The first kappa shape index (κ1) is 21.0. The van der Waals surface area contributed by atoms with E-state index in [9.17, 15) is 0 Å². The largest absolute Gasteiger partial charge is 0.0616 e. The molecular weight excluding hydrogens is 468 g/mol. The van der Waals surface area contributed by atoms with Crippen molar-refractivity contribution in [1.29, 1.82) is 0 Å². The maximum absolute atomic E-state index is 2.39. The van der Waals surface area contributed by atoms with Crippen molar-refractivity contribution >= 4 is 53.9 Å². The van der Waals surface area contributed by atoms with E-state index < -0.39 is 0 Å². The topological polar surface area (TPSA) is 0 Å². The van der Waals surface area contributed by atoms with Gasteiger partial charge < -0.3 is 0 Å². The molecule has 0 heteroatoms. The van der Waals surface area contributed by atoms with E-state index in [0.29, 0.717) is 0 Å². The van der Waals surface area contributed by atoms with Gasteiger partial charge >= 0.3 is 0 Å². The van der Waals surface area contributed by atoms with E-state index in [1.807, 2.05) is 0 Å². The molecular formula is C39H24. The lowest BCUT2D eigenvalue weighted by molar-refractivity contribution is 1.27. The SMILES string of the molecule is c1cc(-c2ccc3c4ccccc4c4ccccc4c3c2)cc(-c2ccc3c4c2ccc2cccc(c24)C3)c1. The van der Waals surface area contributed by atoms with Gasteiger partial charge in [-0.05, 0) is 106 Å². The molecule has 0 bridgehead atoms. The van der Waals surface area contributed by atoms with Gasteiger partial charge in [0.2, 0.25) is 0 Å². The van der Waals surface area contributed by atoms with Gasteiger partial charge in [-0.15, -0.1) is 0 Å². The second-order valence-corrected chi connectivity index (χ2v) is 10.9. The van der Waals surface area contributed by atoms with Gasteiger partial charge in [-0.1, -0.05) is 121 Å². The Morgan fingerprint density at radius 2 is 0.949 bits per heavy atom. The number of rotatable bonds is 2. The smallest absolute Gasteiger partial charge is 0.00130 e. The van der Waals surface area contributed by atoms with Crippen LogP contribution < -0.4 is 0 Å². The first-order valence-corrected chi connectivity index (χ1v) is 13.7. The van der Waals surface area contributed by atoms with Gasteiger partial charge in [-0.2, -0.15) is 0 Å². The van der Waals surface area contributed by atoms with Crippen LogP contribution in [0, 0.1) is 0 Å². The minimum Gasteiger partial charge on any atom is -0.0616 e. The van der Waals surface area contributed by atoms with Crippen molar-refractivity contribution in [2.75, 3.05) is 0 Å². The summed E-state index contributed by atoms with van der Waals surface area (Å²) in [5.41, 5.74) is 7.99. The van der Waals surface area contributed by atoms with Crippen LogP contribution in [0.5, 0.6) is 0 Å². The van der Waals surface area contributed by atoms with E-state index in [1.165, 1.54) is 87.2 Å². The maximum Gasteiger partial charge on any atom is -0.00130 e. The van der Waals surface area contributed by atoms with Gasteiger partial charge in [-0.25, -0.2) is 0 Å². The van der Waals surface area contributed by atoms with E-state index in [0.717, 1.165) is 6.42 Å². The van der Waals surface area contributed by atoms with Gasteiger partial charge in [0.1, 0.15) is 0 Å². The van der Waals surface area contributed by atoms with Crippen molar-refractivity contribution in [1.82, 2.24) is 0 Å². The normalized spacial score (nSPS) is 12.5. The highest BCUT2D eigenvalue weighted by atomic mass is 14.2. The first-order valence-electron chi connectivity index (χ1n) is 13.7. The zero-order chi connectivity index (χ0) is 25.5. The molecule has 0 aromatic heterocycles. The summed E-state index contributed by atoms with van der Waals surface area (Å²) in [6.45, 7) is 0. The third-order valence-corrected chi connectivity index (χ3v) is 8.83. The molecule has 0 saturated heterocycles. The highest BCUT2D eigenvalue weighted by molar-refractivity contribution is 6.25. The molecule has 0 nitrogen and oxygen atoms in total. The first-order chi connectivity index (χ1) is 19.3. The third-order valence-electron chi connectivity index (χ3n) is 8.83. The molecule has 0 saturated carbocycles. The lowest BCUT2D eigenvalue weighted by Gasteiger charge is -2.13. The Balaban J connectivity index is 1.26. The zero-order valence-electron chi connectivity index (χ0n) is 21.4. The third kappa shape index (κ3) is 2.95. The molecule has 0 heterocycles. The summed E-state index contributed by atoms with van der Waals surface area (Å²) in [5.74, 6) is 0. The molecule has 0 fully saturated rings. The van der Waals surface area contributed by atoms with Crippen LogP contribution >= 0.6 is 0 Å². The Kier molecular flexibility index (Phi) is 4.20. The summed E-state index contributed by atoms with van der Waals surface area (Å²) in [6.07, 6.45) is 1.03. The molecule has 0 N–H and O–H groups in total. The fourth-order valence-corrected chi connectivity index (χ4v) is 7.07. The van der Waals surface area contributed by atoms with E-state index in [-0.39, 0.29) is 0 Å². The Labute approximate surface area is 226 Å². The van der Waals surface area contributed by atoms with Gasteiger partial charge in [-0.3, -0.25) is 0 Å². The number of hydrogen-bond donors (Lipinski definition) is 0. The van der Waals surface area contributed by atoms with Crippen molar-refractivity contribution in [2.24, 2.45) is 0 Å². The maximum atomic E-state index is 2.39. The van der Waals surface area contributed by atoms with Crippen LogP contribution in [0.1, 0.15) is 11.1 Å². The molecule has 0 radical (unpaired) electrons. The summed E-state index contributed by atoms with van der Waals surface area (Å²) in [6, 6.07) is 49.7. The molecule has 1 aliphatic rings. The lowest BCUT2D eigenvalue weighted by atomic mass is 9.90. The summed E-state index contributed by atoms with van der Waals surface area (Å²) in [4.78, 5) is 0. The number of fused-ring (bicyclic) bond motifs is 6. The molecule has 8 aromatic carbocycles. The average molecular weight is 493 g/mol. The minimum atomic E-state index is 1.03. The Morgan fingerprint density at radius 1 is 0.333 bits per heavy atom. The van der Waals surface area contributed by atoms with Gasteiger partial charge in [0, 0.05) is 0 Å². The molecule has 180 valence electrons. The second-order valence-electron chi connectivity index (χ2n) is 10.9. The minimum absolute atomic E-state index is 1.03. The summed E-state index contributed by atoms with van der Waals surface area (Å²) in [7, 11) is 0. The Morgan fingerprint density at radius 3 is 1.74 bits per heavy atom. The Hall–Kier alpha value is -4.94. The van der Waals surface area contributed by atoms with E-state index in [2.05, 4.69) is 133 Å². The van der Waals surface area contributed by atoms with Crippen molar-refractivity contribution in [3.63, 3.8) is 0 Å². The van der Waals surface area contributed by atoms with Crippen LogP contribution in [-0.4, -0.2) is 0 Å². The fourth-order valence-electron chi connectivity index (χ4n) is 7.07. The van der Waals surface area contributed by atoms with Crippen LogP contribution in [0.4, 0.5) is 0 Å². The second kappa shape index (κ2) is 7.79. The highest BCUT2D eigenvalue weighted by Crippen LogP contribution is 2.43. The predicted molar refractivity (Wildman–Crippen MR) is 168 cm³/mol. The molecule has 39 heavy (non-hydrogen) atoms. The molecule has 1 aliphatic carbocycles. The van der Waals surface area contributed by atoms with Gasteiger partial charge in [0.15, 0.2) is 0 Å². The zero-order valence-corrected chi connectivity index (χ0v) is 21.4. The highest BCUT2D eigenvalue weighted by Gasteiger charge is 2.19. The van der Waals surface area contributed by atoms with E-state index in [4.69, 9.17) is 0 Å². The molecule has 8 aromatic rings. The van der Waals surface area contributed by atoms with Crippen LogP contribution in [0.15, 0.2) is 133 Å². The fraction of sp³-hybridized carbons (Fsp3) is 0.0256. The number of hydrogen-bond acceptors (Lipinski definition) is 0. The molecule has 0 spiro atoms. The van der Waals surface area contributed by atoms with Crippen LogP contribution in [0.3, 0.4) is 0 Å². The lowest BCUT2D eigenvalue weighted by Crippen LogP contribution is -1.87. The predicted octanol–water partition coefficient (Wildman–Crippen LogP) is 10.7. The van der Waals surface area contributed by atoms with Gasteiger partial charge in [0.25, 0.3) is 0 Å². The molecule has 0 atom stereocenters.